The van der Waals surface area contributed by atoms with E-state index in [9.17, 15) is 21.6 Å². The Hall–Kier alpha value is -0.380. The van der Waals surface area contributed by atoms with Gasteiger partial charge in [0.2, 0.25) is 10.0 Å². The lowest BCUT2D eigenvalue weighted by molar-refractivity contribution is -0.176. The number of sulfonamides is 1. The van der Waals surface area contributed by atoms with E-state index in [1.54, 1.807) is 0 Å². The highest BCUT2D eigenvalue weighted by atomic mass is 32.2. The second kappa shape index (κ2) is 6.26. The van der Waals surface area contributed by atoms with Crippen molar-refractivity contribution in [1.82, 2.24) is 0 Å². The average molecular weight is 251 g/mol. The maximum absolute atomic E-state index is 11.5. The van der Waals surface area contributed by atoms with Crippen LogP contribution in [0.4, 0.5) is 13.2 Å². The Balaban J connectivity index is 3.27. The highest BCUT2D eigenvalue weighted by Crippen LogP contribution is 2.13. The van der Waals surface area contributed by atoms with Crippen molar-refractivity contribution < 1.29 is 31.1 Å². The third-order valence-electron chi connectivity index (χ3n) is 1.15. The molecule has 0 bridgehead atoms. The molecule has 0 fully saturated rings. The predicted molar refractivity (Wildman–Crippen MR) is 45.7 cm³/mol. The van der Waals surface area contributed by atoms with Gasteiger partial charge in [-0.05, 0) is 0 Å². The van der Waals surface area contributed by atoms with Gasteiger partial charge in [0.15, 0.2) is 0 Å². The van der Waals surface area contributed by atoms with Gasteiger partial charge in [-0.2, -0.15) is 13.2 Å². The van der Waals surface area contributed by atoms with E-state index in [0.29, 0.717) is 0 Å². The van der Waals surface area contributed by atoms with Crippen LogP contribution in [0.15, 0.2) is 0 Å². The Morgan fingerprint density at radius 2 is 1.60 bits per heavy atom. The quantitative estimate of drug-likeness (QED) is 0.639. The van der Waals surface area contributed by atoms with E-state index in [2.05, 4.69) is 14.6 Å². The molecule has 2 N–H and O–H groups in total. The van der Waals surface area contributed by atoms with Crippen molar-refractivity contribution >= 4 is 10.0 Å². The number of hydrogen-bond acceptors (Lipinski definition) is 4. The summed E-state index contributed by atoms with van der Waals surface area (Å²) in [5.41, 5.74) is 0. The topological polar surface area (TPSA) is 78.6 Å². The second-order valence-corrected chi connectivity index (χ2v) is 4.38. The zero-order chi connectivity index (χ0) is 11.9. The van der Waals surface area contributed by atoms with Crippen LogP contribution in [0.25, 0.3) is 0 Å². The van der Waals surface area contributed by atoms with E-state index >= 15 is 0 Å². The van der Waals surface area contributed by atoms with Crippen LogP contribution in [0, 0.1) is 0 Å². The molecule has 0 aromatic rings. The Labute approximate surface area is 85.4 Å². The molecular formula is C6H12F3NO4S. The minimum absolute atomic E-state index is 0.106. The summed E-state index contributed by atoms with van der Waals surface area (Å²) >= 11 is 0. The van der Waals surface area contributed by atoms with Gasteiger partial charge >= 0.3 is 6.18 Å². The highest BCUT2D eigenvalue weighted by Gasteiger charge is 2.27. The largest absolute Gasteiger partial charge is 0.411 e. The molecule has 15 heavy (non-hydrogen) atoms. The number of hydrogen-bond donors (Lipinski definition) is 1. The predicted octanol–water partition coefficient (Wildman–Crippen LogP) is -0.130. The average Bonchev–Trinajstić information content (AvgIpc) is 1.98. The summed E-state index contributed by atoms with van der Waals surface area (Å²) in [6, 6.07) is 0. The van der Waals surface area contributed by atoms with Crippen molar-refractivity contribution in [3.05, 3.63) is 0 Å². The van der Waals surface area contributed by atoms with Gasteiger partial charge in [-0.3, -0.25) is 0 Å². The van der Waals surface area contributed by atoms with E-state index < -0.39 is 22.8 Å². The number of nitrogens with two attached hydrogens (primary N) is 1. The van der Waals surface area contributed by atoms with Crippen molar-refractivity contribution in [3.63, 3.8) is 0 Å². The molecule has 0 heterocycles. The Kier molecular flexibility index (Phi) is 6.10. The van der Waals surface area contributed by atoms with E-state index in [1.807, 2.05) is 0 Å². The molecule has 0 saturated carbocycles. The summed E-state index contributed by atoms with van der Waals surface area (Å²) < 4.78 is 64.2. The first kappa shape index (κ1) is 14.6. The van der Waals surface area contributed by atoms with Crippen molar-refractivity contribution in [2.75, 3.05) is 32.2 Å². The van der Waals surface area contributed by atoms with Gasteiger partial charge < -0.3 is 9.47 Å². The summed E-state index contributed by atoms with van der Waals surface area (Å²) in [4.78, 5) is 0. The third kappa shape index (κ3) is 13.6. The fourth-order valence-electron chi connectivity index (χ4n) is 0.583. The lowest BCUT2D eigenvalue weighted by Crippen LogP contribution is -2.22. The normalized spacial score (nSPS) is 13.1. The van der Waals surface area contributed by atoms with Crippen LogP contribution in [0.5, 0.6) is 0 Å². The SMILES string of the molecule is NS(=O)(=O)CCOCCOCC(F)(F)F. The maximum Gasteiger partial charge on any atom is 0.411 e. The van der Waals surface area contributed by atoms with Crippen LogP contribution < -0.4 is 5.14 Å². The van der Waals surface area contributed by atoms with E-state index in [-0.39, 0.29) is 25.6 Å². The van der Waals surface area contributed by atoms with Gasteiger partial charge in [-0.1, -0.05) is 0 Å². The molecule has 0 aliphatic heterocycles. The molecule has 0 atom stereocenters. The van der Waals surface area contributed by atoms with Crippen molar-refractivity contribution in [2.24, 2.45) is 5.14 Å². The standard InChI is InChI=1S/C6H12F3NO4S/c7-6(8,9)5-14-2-1-13-3-4-15(10,11)12/h1-5H2,(H2,10,11,12). The number of rotatable bonds is 7. The van der Waals surface area contributed by atoms with Crippen molar-refractivity contribution in [3.8, 4) is 0 Å². The van der Waals surface area contributed by atoms with Crippen LogP contribution in [-0.2, 0) is 19.5 Å². The second-order valence-electron chi connectivity index (χ2n) is 2.65. The molecule has 0 aromatic carbocycles. The van der Waals surface area contributed by atoms with Crippen molar-refractivity contribution in [2.45, 2.75) is 6.18 Å². The van der Waals surface area contributed by atoms with Crippen LogP contribution in [0.3, 0.4) is 0 Å². The zero-order valence-electron chi connectivity index (χ0n) is 7.79. The van der Waals surface area contributed by atoms with Crippen molar-refractivity contribution in [1.29, 1.82) is 0 Å². The van der Waals surface area contributed by atoms with Gasteiger partial charge in [0, 0.05) is 0 Å². The minimum Gasteiger partial charge on any atom is -0.378 e. The molecule has 0 aromatic heterocycles. The van der Waals surface area contributed by atoms with Crippen LogP contribution in [-0.4, -0.2) is 46.8 Å². The lowest BCUT2D eigenvalue weighted by Gasteiger charge is -2.07. The Morgan fingerprint density at radius 3 is 2.07 bits per heavy atom. The smallest absolute Gasteiger partial charge is 0.378 e. The molecule has 0 spiro atoms. The molecule has 0 unspecified atom stereocenters. The summed E-state index contributed by atoms with van der Waals surface area (Å²) in [6.45, 7) is -1.85. The number of halogens is 3. The fourth-order valence-corrected chi connectivity index (χ4v) is 0.933. The van der Waals surface area contributed by atoms with E-state index in [4.69, 9.17) is 0 Å². The fraction of sp³-hybridized carbons (Fsp3) is 1.00. The molecule has 92 valence electrons. The van der Waals surface area contributed by atoms with E-state index in [1.165, 1.54) is 0 Å². The highest BCUT2D eigenvalue weighted by molar-refractivity contribution is 7.89. The Morgan fingerprint density at radius 1 is 1.07 bits per heavy atom. The van der Waals surface area contributed by atoms with Gasteiger partial charge in [-0.15, -0.1) is 0 Å². The first-order chi connectivity index (χ1) is 6.71. The molecular weight excluding hydrogens is 239 g/mol. The Bertz CT molecular complexity index is 264. The molecule has 5 nitrogen and oxygen atoms in total. The maximum atomic E-state index is 11.5. The van der Waals surface area contributed by atoms with Crippen LogP contribution >= 0.6 is 0 Å². The summed E-state index contributed by atoms with van der Waals surface area (Å²) in [5, 5.41) is 4.65. The van der Waals surface area contributed by atoms with Gasteiger partial charge in [-0.25, -0.2) is 13.6 Å². The molecule has 0 rings (SSSR count). The first-order valence-corrected chi connectivity index (χ1v) is 5.65. The summed E-state index contributed by atoms with van der Waals surface area (Å²) in [5.74, 6) is -0.369. The zero-order valence-corrected chi connectivity index (χ0v) is 8.60. The molecule has 0 radical (unpaired) electrons. The van der Waals surface area contributed by atoms with Gasteiger partial charge in [0.05, 0.1) is 25.6 Å². The lowest BCUT2D eigenvalue weighted by atomic mass is 10.7. The minimum atomic E-state index is -4.36. The summed E-state index contributed by atoms with van der Waals surface area (Å²) in [7, 11) is -3.59. The summed E-state index contributed by atoms with van der Waals surface area (Å²) in [6.07, 6.45) is -4.36. The van der Waals surface area contributed by atoms with E-state index in [0.717, 1.165) is 0 Å². The molecule has 0 saturated heterocycles. The van der Waals surface area contributed by atoms with Crippen LogP contribution in [0.2, 0.25) is 0 Å². The number of ether oxygens (including phenoxy) is 2. The number of primary sulfonamides is 1. The molecule has 0 aliphatic carbocycles. The monoisotopic (exact) mass is 251 g/mol. The first-order valence-electron chi connectivity index (χ1n) is 3.93. The molecule has 0 aliphatic rings. The molecule has 9 heteroatoms. The van der Waals surface area contributed by atoms with Crippen LogP contribution in [0.1, 0.15) is 0 Å². The third-order valence-corrected chi connectivity index (χ3v) is 1.89. The van der Waals surface area contributed by atoms with Gasteiger partial charge in [0.1, 0.15) is 6.61 Å². The number of alkyl halides is 3. The van der Waals surface area contributed by atoms with Gasteiger partial charge in [0.25, 0.3) is 0 Å². The molecule has 0 amide bonds.